The first-order valence-electron chi connectivity index (χ1n) is 8.57. The summed E-state index contributed by atoms with van der Waals surface area (Å²) in [5, 5.41) is 3.12. The molecule has 7 heteroatoms. The Morgan fingerprint density at radius 2 is 1.67 bits per heavy atom. The highest BCUT2D eigenvalue weighted by Crippen LogP contribution is 2.37. The van der Waals surface area contributed by atoms with Gasteiger partial charge >= 0.3 is 0 Å². The number of hydrogen-bond donors (Lipinski definition) is 1. The Morgan fingerprint density at radius 3 is 2.22 bits per heavy atom. The highest BCUT2D eigenvalue weighted by atomic mass is 35.5. The van der Waals surface area contributed by atoms with Gasteiger partial charge in [0.15, 0.2) is 11.5 Å². The molecule has 0 radical (unpaired) electrons. The molecule has 2 aromatic carbocycles. The normalized spacial score (nSPS) is 10.3. The maximum absolute atomic E-state index is 12.7. The van der Waals surface area contributed by atoms with Crippen molar-refractivity contribution in [3.05, 3.63) is 40.9 Å². The van der Waals surface area contributed by atoms with E-state index < -0.39 is 0 Å². The molecule has 27 heavy (non-hydrogen) atoms. The van der Waals surface area contributed by atoms with Gasteiger partial charge < -0.3 is 24.3 Å². The molecule has 0 fully saturated rings. The van der Waals surface area contributed by atoms with Crippen LogP contribution in [-0.2, 0) is 0 Å². The maximum atomic E-state index is 12.7. The molecule has 0 aliphatic carbocycles. The fourth-order valence-corrected chi connectivity index (χ4v) is 2.66. The lowest BCUT2D eigenvalue weighted by Gasteiger charge is -2.14. The van der Waals surface area contributed by atoms with E-state index in [4.69, 9.17) is 30.5 Å². The number of methoxy groups -OCH3 is 3. The summed E-state index contributed by atoms with van der Waals surface area (Å²) in [7, 11) is 4.59. The van der Waals surface area contributed by atoms with Crippen molar-refractivity contribution < 1.29 is 23.7 Å². The van der Waals surface area contributed by atoms with Crippen LogP contribution in [0.15, 0.2) is 30.3 Å². The van der Waals surface area contributed by atoms with Gasteiger partial charge in [0.05, 0.1) is 33.0 Å². The molecule has 0 aliphatic rings. The lowest BCUT2D eigenvalue weighted by atomic mass is 10.1. The smallest absolute Gasteiger partial charge is 0.255 e. The number of rotatable bonds is 9. The van der Waals surface area contributed by atoms with Crippen molar-refractivity contribution >= 4 is 23.2 Å². The highest BCUT2D eigenvalue weighted by Gasteiger charge is 2.16. The molecule has 0 saturated carbocycles. The fraction of sp³-hybridized carbons (Fsp3) is 0.350. The lowest BCUT2D eigenvalue weighted by molar-refractivity contribution is 0.102. The first-order chi connectivity index (χ1) is 13.0. The van der Waals surface area contributed by atoms with E-state index in [9.17, 15) is 4.79 Å². The summed E-state index contributed by atoms with van der Waals surface area (Å²) >= 11 is 6.31. The zero-order valence-electron chi connectivity index (χ0n) is 15.9. The van der Waals surface area contributed by atoms with E-state index in [1.165, 1.54) is 7.11 Å². The second kappa shape index (κ2) is 9.92. The number of amides is 1. The monoisotopic (exact) mass is 393 g/mol. The molecule has 0 atom stereocenters. The van der Waals surface area contributed by atoms with E-state index >= 15 is 0 Å². The van der Waals surface area contributed by atoms with Gasteiger partial charge in [0, 0.05) is 29.4 Å². The first kappa shape index (κ1) is 20.7. The quantitative estimate of drug-likeness (QED) is 0.620. The average molecular weight is 394 g/mol. The van der Waals surface area contributed by atoms with Gasteiger partial charge in [0.2, 0.25) is 0 Å². The van der Waals surface area contributed by atoms with E-state index in [0.717, 1.165) is 12.8 Å². The summed E-state index contributed by atoms with van der Waals surface area (Å²) < 4.78 is 21.5. The van der Waals surface area contributed by atoms with Crippen LogP contribution < -0.4 is 24.3 Å². The van der Waals surface area contributed by atoms with Crippen molar-refractivity contribution in [2.75, 3.05) is 33.3 Å². The molecule has 2 aromatic rings. The zero-order valence-corrected chi connectivity index (χ0v) is 16.7. The number of halogens is 1. The van der Waals surface area contributed by atoms with Crippen molar-refractivity contribution in [2.24, 2.45) is 0 Å². The first-order valence-corrected chi connectivity index (χ1v) is 8.94. The molecule has 0 unspecified atom stereocenters. The van der Waals surface area contributed by atoms with Crippen molar-refractivity contribution in [1.82, 2.24) is 0 Å². The number of benzene rings is 2. The Hall–Kier alpha value is -2.60. The molecule has 1 N–H and O–H groups in total. The Balaban J connectivity index is 2.25. The van der Waals surface area contributed by atoms with Crippen LogP contribution in [0.1, 0.15) is 30.1 Å². The van der Waals surface area contributed by atoms with Crippen LogP contribution in [-0.4, -0.2) is 33.8 Å². The minimum atomic E-state index is -0.342. The number of nitrogens with one attached hydrogen (secondary N) is 1. The molecule has 0 aliphatic heterocycles. The Morgan fingerprint density at radius 1 is 1.00 bits per heavy atom. The van der Waals surface area contributed by atoms with Crippen LogP contribution in [0.25, 0.3) is 0 Å². The number of carbonyl (C=O) groups is 1. The van der Waals surface area contributed by atoms with Gasteiger partial charge in [-0.25, -0.2) is 0 Å². The van der Waals surface area contributed by atoms with Gasteiger partial charge in [0.1, 0.15) is 11.5 Å². The SMILES string of the molecule is CCCCOc1c(Cl)cc(C(=O)Nc2cc(OC)cc(OC)c2)cc1OC. The summed E-state index contributed by atoms with van der Waals surface area (Å²) in [6.07, 6.45) is 1.91. The summed E-state index contributed by atoms with van der Waals surface area (Å²) in [6.45, 7) is 2.60. The van der Waals surface area contributed by atoms with Crippen LogP contribution in [0.5, 0.6) is 23.0 Å². The third-order valence-electron chi connectivity index (χ3n) is 3.85. The van der Waals surface area contributed by atoms with Gasteiger partial charge in [-0.15, -0.1) is 0 Å². The summed E-state index contributed by atoms with van der Waals surface area (Å²) in [5.41, 5.74) is 0.885. The van der Waals surface area contributed by atoms with E-state index in [0.29, 0.717) is 45.9 Å². The Kier molecular flexibility index (Phi) is 7.61. The standard InChI is InChI=1S/C20H24ClNO5/c1-5-6-7-27-19-17(21)8-13(9-18(19)26-4)20(23)22-14-10-15(24-2)12-16(11-14)25-3/h8-12H,5-7H2,1-4H3,(H,22,23). The summed E-state index contributed by atoms with van der Waals surface area (Å²) in [5.74, 6) is 1.64. The number of anilines is 1. The van der Waals surface area contributed by atoms with Crippen molar-refractivity contribution in [2.45, 2.75) is 19.8 Å². The number of carbonyl (C=O) groups excluding carboxylic acids is 1. The molecule has 0 heterocycles. The average Bonchev–Trinajstić information content (AvgIpc) is 2.68. The number of hydrogen-bond acceptors (Lipinski definition) is 5. The van der Waals surface area contributed by atoms with Crippen LogP contribution in [0, 0.1) is 0 Å². The van der Waals surface area contributed by atoms with Gasteiger partial charge in [-0.3, -0.25) is 4.79 Å². The summed E-state index contributed by atoms with van der Waals surface area (Å²) in [6, 6.07) is 8.26. The largest absolute Gasteiger partial charge is 0.497 e. The van der Waals surface area contributed by atoms with E-state index in [2.05, 4.69) is 12.2 Å². The maximum Gasteiger partial charge on any atom is 0.255 e. The van der Waals surface area contributed by atoms with Gasteiger partial charge in [-0.05, 0) is 18.6 Å². The molecule has 1 amide bonds. The van der Waals surface area contributed by atoms with Crippen LogP contribution >= 0.6 is 11.6 Å². The zero-order chi connectivity index (χ0) is 19.8. The molecular formula is C20H24ClNO5. The molecule has 146 valence electrons. The third-order valence-corrected chi connectivity index (χ3v) is 4.13. The van der Waals surface area contributed by atoms with Gasteiger partial charge in [-0.1, -0.05) is 24.9 Å². The van der Waals surface area contributed by atoms with Gasteiger partial charge in [0.25, 0.3) is 5.91 Å². The third kappa shape index (κ3) is 5.44. The molecule has 2 rings (SSSR count). The van der Waals surface area contributed by atoms with E-state index in [1.54, 1.807) is 44.6 Å². The minimum Gasteiger partial charge on any atom is -0.497 e. The van der Waals surface area contributed by atoms with Gasteiger partial charge in [-0.2, -0.15) is 0 Å². The second-order valence-electron chi connectivity index (χ2n) is 5.75. The molecule has 0 spiro atoms. The predicted molar refractivity (Wildman–Crippen MR) is 106 cm³/mol. The molecular weight excluding hydrogens is 370 g/mol. The molecule has 6 nitrogen and oxygen atoms in total. The van der Waals surface area contributed by atoms with Crippen LogP contribution in [0.4, 0.5) is 5.69 Å². The van der Waals surface area contributed by atoms with Crippen molar-refractivity contribution in [3.8, 4) is 23.0 Å². The van der Waals surface area contributed by atoms with Crippen molar-refractivity contribution in [1.29, 1.82) is 0 Å². The second-order valence-corrected chi connectivity index (χ2v) is 6.15. The number of unbranched alkanes of at least 4 members (excludes halogenated alkanes) is 1. The lowest BCUT2D eigenvalue weighted by Crippen LogP contribution is -2.13. The predicted octanol–water partition coefficient (Wildman–Crippen LogP) is 4.80. The van der Waals surface area contributed by atoms with E-state index in [-0.39, 0.29) is 5.91 Å². The molecule has 0 bridgehead atoms. The minimum absolute atomic E-state index is 0.318. The van der Waals surface area contributed by atoms with E-state index in [1.807, 2.05) is 0 Å². The summed E-state index contributed by atoms with van der Waals surface area (Å²) in [4.78, 5) is 12.7. The Bertz CT molecular complexity index is 772. The van der Waals surface area contributed by atoms with Crippen molar-refractivity contribution in [3.63, 3.8) is 0 Å². The molecule has 0 aromatic heterocycles. The number of ether oxygens (including phenoxy) is 4. The topological polar surface area (TPSA) is 66.0 Å². The molecule has 0 saturated heterocycles. The fourth-order valence-electron chi connectivity index (χ4n) is 2.39. The highest BCUT2D eigenvalue weighted by molar-refractivity contribution is 6.32. The van der Waals surface area contributed by atoms with Crippen LogP contribution in [0.2, 0.25) is 5.02 Å². The Labute approximate surface area is 164 Å². The van der Waals surface area contributed by atoms with Crippen LogP contribution in [0.3, 0.4) is 0 Å².